The van der Waals surface area contributed by atoms with Gasteiger partial charge < -0.3 is 14.8 Å². The molecular formula is C16H23N5. The summed E-state index contributed by atoms with van der Waals surface area (Å²) in [5.74, 6) is 1.88. The zero-order chi connectivity index (χ0) is 14.2. The van der Waals surface area contributed by atoms with Crippen molar-refractivity contribution in [1.82, 2.24) is 19.9 Å². The van der Waals surface area contributed by atoms with Gasteiger partial charge in [-0.1, -0.05) is 0 Å². The third-order valence-corrected chi connectivity index (χ3v) is 4.81. The molecule has 2 aliphatic rings. The highest BCUT2D eigenvalue weighted by atomic mass is 15.2. The molecule has 2 aromatic heterocycles. The Balaban J connectivity index is 1.44. The average molecular weight is 285 g/mol. The molecule has 3 heterocycles. The highest BCUT2D eigenvalue weighted by Crippen LogP contribution is 2.27. The van der Waals surface area contributed by atoms with E-state index in [0.717, 1.165) is 41.9 Å². The van der Waals surface area contributed by atoms with Crippen LogP contribution in [0.4, 0.5) is 5.82 Å². The Morgan fingerprint density at radius 2 is 2.00 bits per heavy atom. The third-order valence-electron chi connectivity index (χ3n) is 4.81. The van der Waals surface area contributed by atoms with E-state index in [0.29, 0.717) is 0 Å². The fourth-order valence-corrected chi connectivity index (χ4v) is 3.25. The monoisotopic (exact) mass is 285 g/mol. The summed E-state index contributed by atoms with van der Waals surface area (Å²) in [6, 6.07) is 2.87. The van der Waals surface area contributed by atoms with Crippen molar-refractivity contribution >= 4 is 16.9 Å². The molecule has 0 radical (unpaired) electrons. The summed E-state index contributed by atoms with van der Waals surface area (Å²) in [5, 5.41) is 3.66. The van der Waals surface area contributed by atoms with Crippen LogP contribution < -0.4 is 10.2 Å². The molecular weight excluding hydrogens is 262 g/mol. The van der Waals surface area contributed by atoms with Gasteiger partial charge in [-0.15, -0.1) is 0 Å². The van der Waals surface area contributed by atoms with Gasteiger partial charge in [0.15, 0.2) is 5.82 Å². The number of fused-ring (bicyclic) bond motifs is 1. The van der Waals surface area contributed by atoms with E-state index in [2.05, 4.69) is 24.8 Å². The fourth-order valence-electron chi connectivity index (χ4n) is 3.25. The van der Waals surface area contributed by atoms with Crippen molar-refractivity contribution in [3.8, 4) is 0 Å². The van der Waals surface area contributed by atoms with Gasteiger partial charge in [-0.3, -0.25) is 0 Å². The van der Waals surface area contributed by atoms with Gasteiger partial charge in [0.2, 0.25) is 0 Å². The lowest BCUT2D eigenvalue weighted by Crippen LogP contribution is -2.38. The van der Waals surface area contributed by atoms with E-state index in [4.69, 9.17) is 0 Å². The molecule has 4 rings (SSSR count). The molecule has 0 spiro atoms. The van der Waals surface area contributed by atoms with Crippen molar-refractivity contribution in [3.05, 3.63) is 18.6 Å². The van der Waals surface area contributed by atoms with E-state index in [1.807, 2.05) is 25.6 Å². The summed E-state index contributed by atoms with van der Waals surface area (Å²) in [7, 11) is 2.04. The second kappa shape index (κ2) is 5.30. The molecule has 0 bridgehead atoms. The van der Waals surface area contributed by atoms with Crippen LogP contribution in [-0.2, 0) is 7.05 Å². The quantitative estimate of drug-likeness (QED) is 0.932. The minimum absolute atomic E-state index is 0.824. The van der Waals surface area contributed by atoms with Gasteiger partial charge in [-0.05, 0) is 44.2 Å². The lowest BCUT2D eigenvalue weighted by atomic mass is 9.96. The number of aryl methyl sites for hydroxylation is 1. The first-order chi connectivity index (χ1) is 10.3. The predicted molar refractivity (Wildman–Crippen MR) is 84.5 cm³/mol. The van der Waals surface area contributed by atoms with Crippen LogP contribution in [0.15, 0.2) is 18.6 Å². The summed E-state index contributed by atoms with van der Waals surface area (Å²) in [5.41, 5.74) is 2.20. The molecule has 0 aromatic carbocycles. The Bertz CT molecular complexity index is 623. The second-order valence-corrected chi connectivity index (χ2v) is 6.47. The fraction of sp³-hybridized carbons (Fsp3) is 0.625. The Labute approximate surface area is 125 Å². The first-order valence-electron chi connectivity index (χ1n) is 8.05. The molecule has 0 amide bonds. The number of pyridine rings is 1. The number of aromatic nitrogens is 3. The van der Waals surface area contributed by atoms with Crippen molar-refractivity contribution < 1.29 is 0 Å². The number of rotatable bonds is 4. The van der Waals surface area contributed by atoms with Crippen molar-refractivity contribution in [2.24, 2.45) is 13.0 Å². The van der Waals surface area contributed by atoms with Gasteiger partial charge in [0.25, 0.3) is 0 Å². The van der Waals surface area contributed by atoms with E-state index >= 15 is 0 Å². The molecule has 1 aliphatic heterocycles. The van der Waals surface area contributed by atoms with Crippen LogP contribution in [0.25, 0.3) is 11.0 Å². The normalized spacial score (nSPS) is 20.3. The average Bonchev–Trinajstić information content (AvgIpc) is 3.28. The number of nitrogens with zero attached hydrogens (tertiary/aromatic N) is 4. The zero-order valence-electron chi connectivity index (χ0n) is 12.6. The van der Waals surface area contributed by atoms with Gasteiger partial charge in [-0.2, -0.15) is 0 Å². The van der Waals surface area contributed by atoms with E-state index in [9.17, 15) is 0 Å². The number of hydrogen-bond donors (Lipinski definition) is 1. The molecule has 0 unspecified atom stereocenters. The lowest BCUT2D eigenvalue weighted by Gasteiger charge is -2.33. The van der Waals surface area contributed by atoms with Gasteiger partial charge in [0.1, 0.15) is 5.52 Å². The van der Waals surface area contributed by atoms with Gasteiger partial charge in [-0.25, -0.2) is 9.97 Å². The summed E-state index contributed by atoms with van der Waals surface area (Å²) in [6.07, 6.45) is 9.05. The maximum absolute atomic E-state index is 4.59. The lowest BCUT2D eigenvalue weighted by molar-refractivity contribution is 0.381. The first-order valence-corrected chi connectivity index (χ1v) is 8.05. The molecule has 0 atom stereocenters. The predicted octanol–water partition coefficient (Wildman–Crippen LogP) is 1.94. The molecule has 2 fully saturated rings. The van der Waals surface area contributed by atoms with Gasteiger partial charge >= 0.3 is 0 Å². The minimum atomic E-state index is 0.824. The largest absolute Gasteiger partial charge is 0.355 e. The number of anilines is 1. The van der Waals surface area contributed by atoms with Crippen LogP contribution in [0.2, 0.25) is 0 Å². The van der Waals surface area contributed by atoms with Crippen LogP contribution in [0.5, 0.6) is 0 Å². The Hall–Kier alpha value is -1.62. The Kier molecular flexibility index (Phi) is 3.30. The summed E-state index contributed by atoms with van der Waals surface area (Å²) in [6.45, 7) is 3.39. The first kappa shape index (κ1) is 13.1. The van der Waals surface area contributed by atoms with E-state index in [1.54, 1.807) is 0 Å². The van der Waals surface area contributed by atoms with Gasteiger partial charge in [0.05, 0.1) is 11.8 Å². The third kappa shape index (κ3) is 2.62. The van der Waals surface area contributed by atoms with Crippen LogP contribution in [0.1, 0.15) is 25.7 Å². The number of nitrogens with one attached hydrogen (secondary N) is 1. The van der Waals surface area contributed by atoms with Gasteiger partial charge in [0, 0.05) is 32.4 Å². The van der Waals surface area contributed by atoms with Crippen LogP contribution in [0, 0.1) is 5.92 Å². The van der Waals surface area contributed by atoms with Crippen molar-refractivity contribution in [2.45, 2.75) is 31.7 Å². The number of imidazole rings is 1. The maximum Gasteiger partial charge on any atom is 0.156 e. The van der Waals surface area contributed by atoms with Crippen molar-refractivity contribution in [3.63, 3.8) is 0 Å². The van der Waals surface area contributed by atoms with Crippen LogP contribution >= 0.6 is 0 Å². The molecule has 1 saturated heterocycles. The molecule has 1 saturated carbocycles. The smallest absolute Gasteiger partial charge is 0.156 e. The summed E-state index contributed by atoms with van der Waals surface area (Å²) < 4.78 is 2.06. The zero-order valence-corrected chi connectivity index (χ0v) is 12.6. The number of piperidine rings is 1. The molecule has 5 heteroatoms. The van der Waals surface area contributed by atoms with Crippen LogP contribution in [0.3, 0.4) is 0 Å². The Morgan fingerprint density at radius 1 is 1.19 bits per heavy atom. The SMILES string of the molecule is Cn1cnc2c(N3CCC(CNC4CC4)CC3)nccc21. The molecule has 112 valence electrons. The molecule has 21 heavy (non-hydrogen) atoms. The molecule has 1 aliphatic carbocycles. The second-order valence-electron chi connectivity index (χ2n) is 6.47. The van der Waals surface area contributed by atoms with Crippen molar-refractivity contribution in [2.75, 3.05) is 24.5 Å². The van der Waals surface area contributed by atoms with Crippen molar-refractivity contribution in [1.29, 1.82) is 0 Å². The van der Waals surface area contributed by atoms with E-state index < -0.39 is 0 Å². The molecule has 2 aromatic rings. The number of hydrogen-bond acceptors (Lipinski definition) is 4. The maximum atomic E-state index is 4.59. The molecule has 5 nitrogen and oxygen atoms in total. The standard InChI is InChI=1S/C16H23N5/c1-20-11-19-15-14(20)4-7-17-16(15)21-8-5-12(6-9-21)10-18-13-2-3-13/h4,7,11-13,18H,2-3,5-6,8-10H2,1H3. The Morgan fingerprint density at radius 3 is 2.76 bits per heavy atom. The highest BCUT2D eigenvalue weighted by Gasteiger charge is 2.25. The van der Waals surface area contributed by atoms with E-state index in [-0.39, 0.29) is 0 Å². The highest BCUT2D eigenvalue weighted by molar-refractivity contribution is 5.86. The summed E-state index contributed by atoms with van der Waals surface area (Å²) >= 11 is 0. The minimum Gasteiger partial charge on any atom is -0.355 e. The molecule has 1 N–H and O–H groups in total. The topological polar surface area (TPSA) is 46.0 Å². The van der Waals surface area contributed by atoms with Crippen LogP contribution in [-0.4, -0.2) is 40.2 Å². The van der Waals surface area contributed by atoms with E-state index in [1.165, 1.54) is 32.2 Å². The summed E-state index contributed by atoms with van der Waals surface area (Å²) in [4.78, 5) is 11.5.